The summed E-state index contributed by atoms with van der Waals surface area (Å²) in [7, 11) is -3.98. The summed E-state index contributed by atoms with van der Waals surface area (Å²) in [5.41, 5.74) is 0.779. The van der Waals surface area contributed by atoms with E-state index in [1.807, 2.05) is 6.07 Å². The smallest absolute Gasteiger partial charge is 0.338 e. The number of benzene rings is 2. The van der Waals surface area contributed by atoms with Gasteiger partial charge in [-0.1, -0.05) is 41.9 Å². The molecule has 0 radical (unpaired) electrons. The number of nitrogens with zero attached hydrogens (tertiary/aromatic N) is 2. The Morgan fingerprint density at radius 1 is 1.16 bits per heavy atom. The van der Waals surface area contributed by atoms with E-state index < -0.39 is 16.0 Å². The zero-order valence-electron chi connectivity index (χ0n) is 16.4. The summed E-state index contributed by atoms with van der Waals surface area (Å²) in [6, 6.07) is 14.1. The number of ether oxygens (including phenoxy) is 1. The molecule has 4 rings (SSSR count). The van der Waals surface area contributed by atoms with Crippen LogP contribution in [0.2, 0.25) is 5.02 Å². The van der Waals surface area contributed by atoms with Crippen LogP contribution in [0.4, 0.5) is 0 Å². The standard InChI is InChI=1S/C21H16ClN3O5S2/c22-17-7-6-15(10-18(17)32(28,29)23-12-14-4-2-1-3-5-14)20(27)30-13-16-11-19(26)25-8-9-31-21(25)24-16/h1-11,23H,12-13H2. The first kappa shape index (κ1) is 22.2. The molecule has 0 amide bonds. The zero-order chi connectivity index (χ0) is 22.7. The number of carbonyl (C=O) groups is 1. The summed E-state index contributed by atoms with van der Waals surface area (Å²) in [5.74, 6) is -0.769. The van der Waals surface area contributed by atoms with E-state index in [0.717, 1.165) is 11.6 Å². The molecule has 0 saturated heterocycles. The second-order valence-electron chi connectivity index (χ2n) is 6.67. The van der Waals surface area contributed by atoms with Gasteiger partial charge >= 0.3 is 5.97 Å². The van der Waals surface area contributed by atoms with Crippen molar-refractivity contribution in [2.45, 2.75) is 18.0 Å². The number of sulfonamides is 1. The van der Waals surface area contributed by atoms with Crippen LogP contribution in [-0.4, -0.2) is 23.8 Å². The Morgan fingerprint density at radius 3 is 2.72 bits per heavy atom. The monoisotopic (exact) mass is 489 g/mol. The van der Waals surface area contributed by atoms with Crippen LogP contribution in [0.3, 0.4) is 0 Å². The highest BCUT2D eigenvalue weighted by Gasteiger charge is 2.21. The van der Waals surface area contributed by atoms with Crippen molar-refractivity contribution in [1.82, 2.24) is 14.1 Å². The number of aromatic nitrogens is 2. The van der Waals surface area contributed by atoms with Crippen molar-refractivity contribution in [3.05, 3.63) is 98.4 Å². The van der Waals surface area contributed by atoms with Gasteiger partial charge < -0.3 is 4.74 Å². The topological polar surface area (TPSA) is 107 Å². The lowest BCUT2D eigenvalue weighted by Crippen LogP contribution is -2.24. The number of nitrogens with one attached hydrogen (secondary N) is 1. The van der Waals surface area contributed by atoms with Gasteiger partial charge in [-0.2, -0.15) is 0 Å². The number of halogens is 1. The Balaban J connectivity index is 1.49. The second kappa shape index (κ2) is 9.21. The Morgan fingerprint density at radius 2 is 1.94 bits per heavy atom. The normalized spacial score (nSPS) is 11.5. The first-order chi connectivity index (χ1) is 15.3. The third-order valence-corrected chi connectivity index (χ3v) is 7.11. The first-order valence-electron chi connectivity index (χ1n) is 9.29. The average Bonchev–Trinajstić information content (AvgIpc) is 3.26. The maximum atomic E-state index is 12.7. The fraction of sp³-hybridized carbons (Fsp3) is 0.0952. The van der Waals surface area contributed by atoms with Crippen LogP contribution in [0.25, 0.3) is 4.96 Å². The maximum Gasteiger partial charge on any atom is 0.338 e. The Labute approximate surface area is 192 Å². The lowest BCUT2D eigenvalue weighted by atomic mass is 10.2. The van der Waals surface area contributed by atoms with Crippen LogP contribution >= 0.6 is 22.9 Å². The number of esters is 1. The molecule has 2 heterocycles. The van der Waals surface area contributed by atoms with Gasteiger partial charge in [-0.3, -0.25) is 9.20 Å². The number of hydrogen-bond donors (Lipinski definition) is 1. The molecule has 2 aromatic heterocycles. The summed E-state index contributed by atoms with van der Waals surface area (Å²) in [6.45, 7) is -0.167. The minimum absolute atomic E-state index is 0.00316. The molecule has 2 aromatic carbocycles. The summed E-state index contributed by atoms with van der Waals surface area (Å²) < 4.78 is 34.5. The highest BCUT2D eigenvalue weighted by molar-refractivity contribution is 7.89. The molecule has 1 N–H and O–H groups in total. The predicted octanol–water partition coefficient (Wildman–Crippen LogP) is 3.24. The number of carbonyl (C=O) groups excluding carboxylic acids is 1. The van der Waals surface area contributed by atoms with Crippen molar-refractivity contribution >= 4 is 43.9 Å². The molecule has 0 saturated carbocycles. The molecule has 0 aliphatic carbocycles. The van der Waals surface area contributed by atoms with Crippen molar-refractivity contribution in [2.75, 3.05) is 0 Å². The summed E-state index contributed by atoms with van der Waals surface area (Å²) in [6.07, 6.45) is 1.60. The highest BCUT2D eigenvalue weighted by atomic mass is 35.5. The van der Waals surface area contributed by atoms with E-state index in [2.05, 4.69) is 9.71 Å². The Kier molecular flexibility index (Phi) is 6.38. The van der Waals surface area contributed by atoms with Gasteiger partial charge in [0.2, 0.25) is 10.0 Å². The predicted molar refractivity (Wildman–Crippen MR) is 120 cm³/mol. The summed E-state index contributed by atoms with van der Waals surface area (Å²) >= 11 is 7.36. The van der Waals surface area contributed by atoms with Gasteiger partial charge in [0, 0.05) is 24.2 Å². The molecule has 32 heavy (non-hydrogen) atoms. The molecule has 8 nitrogen and oxygen atoms in total. The van der Waals surface area contributed by atoms with E-state index in [4.69, 9.17) is 16.3 Å². The van der Waals surface area contributed by atoms with Crippen molar-refractivity contribution in [3.8, 4) is 0 Å². The molecule has 11 heteroatoms. The first-order valence-corrected chi connectivity index (χ1v) is 12.0. The van der Waals surface area contributed by atoms with Crippen LogP contribution in [0, 0.1) is 0 Å². The van der Waals surface area contributed by atoms with Crippen molar-refractivity contribution in [2.24, 2.45) is 0 Å². The molecule has 164 valence electrons. The molecule has 4 aromatic rings. The quantitative estimate of drug-likeness (QED) is 0.399. The van der Waals surface area contributed by atoms with Gasteiger partial charge in [-0.25, -0.2) is 22.9 Å². The van der Waals surface area contributed by atoms with Gasteiger partial charge in [0.1, 0.15) is 11.5 Å². The van der Waals surface area contributed by atoms with Crippen LogP contribution in [0.1, 0.15) is 21.6 Å². The highest BCUT2D eigenvalue weighted by Crippen LogP contribution is 2.23. The van der Waals surface area contributed by atoms with E-state index in [9.17, 15) is 18.0 Å². The van der Waals surface area contributed by atoms with Gasteiger partial charge in [0.25, 0.3) is 5.56 Å². The average molecular weight is 490 g/mol. The van der Waals surface area contributed by atoms with Crippen LogP contribution in [0.15, 0.2) is 75.9 Å². The van der Waals surface area contributed by atoms with Crippen LogP contribution in [-0.2, 0) is 27.9 Å². The molecule has 0 spiro atoms. The van der Waals surface area contributed by atoms with Crippen LogP contribution in [0.5, 0.6) is 0 Å². The summed E-state index contributed by atoms with van der Waals surface area (Å²) in [4.78, 5) is 29.0. The molecule has 0 aliphatic heterocycles. The third kappa shape index (κ3) is 4.89. The minimum Gasteiger partial charge on any atom is -0.456 e. The molecule has 0 fully saturated rings. The van der Waals surface area contributed by atoms with Crippen molar-refractivity contribution < 1.29 is 17.9 Å². The third-order valence-electron chi connectivity index (χ3n) is 4.47. The van der Waals surface area contributed by atoms with Gasteiger partial charge in [0.05, 0.1) is 16.3 Å². The molecular weight excluding hydrogens is 474 g/mol. The maximum absolute atomic E-state index is 12.7. The lowest BCUT2D eigenvalue weighted by Gasteiger charge is -2.10. The molecular formula is C21H16ClN3O5S2. The van der Waals surface area contributed by atoms with Crippen molar-refractivity contribution in [3.63, 3.8) is 0 Å². The number of fused-ring (bicyclic) bond motifs is 1. The molecule has 0 aliphatic rings. The Hall–Kier alpha value is -3.05. The SMILES string of the molecule is O=C(OCc1cc(=O)n2ccsc2n1)c1ccc(Cl)c(S(=O)(=O)NCc2ccccc2)c1. The summed E-state index contributed by atoms with van der Waals surface area (Å²) in [5, 5.41) is 1.70. The lowest BCUT2D eigenvalue weighted by molar-refractivity contribution is 0.0467. The number of thiazole rings is 1. The van der Waals surface area contributed by atoms with E-state index in [0.29, 0.717) is 4.96 Å². The minimum atomic E-state index is -3.98. The zero-order valence-corrected chi connectivity index (χ0v) is 18.8. The van der Waals surface area contributed by atoms with Gasteiger partial charge in [0.15, 0.2) is 4.96 Å². The molecule has 0 bridgehead atoms. The van der Waals surface area contributed by atoms with E-state index in [1.165, 1.54) is 33.9 Å². The molecule has 0 unspecified atom stereocenters. The van der Waals surface area contributed by atoms with E-state index >= 15 is 0 Å². The second-order valence-corrected chi connectivity index (χ2v) is 9.69. The number of hydrogen-bond acceptors (Lipinski definition) is 7. The largest absolute Gasteiger partial charge is 0.456 e. The fourth-order valence-corrected chi connectivity index (χ4v) is 5.15. The van der Waals surface area contributed by atoms with E-state index in [1.54, 1.807) is 35.8 Å². The van der Waals surface area contributed by atoms with Gasteiger partial charge in [-0.15, -0.1) is 11.3 Å². The fourth-order valence-electron chi connectivity index (χ4n) is 2.87. The Bertz CT molecular complexity index is 1450. The number of rotatable bonds is 7. The van der Waals surface area contributed by atoms with Crippen molar-refractivity contribution in [1.29, 1.82) is 0 Å². The van der Waals surface area contributed by atoms with Gasteiger partial charge in [-0.05, 0) is 23.8 Å². The van der Waals surface area contributed by atoms with Crippen LogP contribution < -0.4 is 10.3 Å². The molecule has 0 atom stereocenters. The van der Waals surface area contributed by atoms with E-state index in [-0.39, 0.29) is 39.9 Å².